The number of carbonyl (C=O) groups excluding carboxylic acids is 2. The molecule has 3 aromatic carbocycles. The number of hydrogen-bond donors (Lipinski definition) is 2. The molecular formula is C28H23N3O2S. The average molecular weight is 466 g/mol. The number of nitrogens with zero attached hydrogens (tertiary/aromatic N) is 1. The first-order chi connectivity index (χ1) is 16.6. The monoisotopic (exact) mass is 465 g/mol. The maximum Gasteiger partial charge on any atom is 0.265 e. The SMILES string of the molecule is NC1=NC(c2ccccc2)(c2ccccc2)C(=O)[C@@H]1Cc1ccc(NC(=O)c2cccs2)cc1. The minimum atomic E-state index is -1.15. The molecule has 0 saturated heterocycles. The normalized spacial score (nSPS) is 16.8. The third kappa shape index (κ3) is 3.93. The molecule has 168 valence electrons. The third-order valence-electron chi connectivity index (χ3n) is 6.11. The van der Waals surface area contributed by atoms with Gasteiger partial charge in [-0.25, -0.2) is 4.99 Å². The van der Waals surface area contributed by atoms with E-state index in [-0.39, 0.29) is 11.7 Å². The molecule has 1 aromatic heterocycles. The van der Waals surface area contributed by atoms with Crippen LogP contribution >= 0.6 is 11.3 Å². The van der Waals surface area contributed by atoms with Gasteiger partial charge < -0.3 is 11.1 Å². The summed E-state index contributed by atoms with van der Waals surface area (Å²) in [6.07, 6.45) is 0.439. The van der Waals surface area contributed by atoms with E-state index in [1.807, 2.05) is 96.4 Å². The Kier molecular flexibility index (Phi) is 5.82. The molecule has 5 rings (SSSR count). The second kappa shape index (κ2) is 9.08. The standard InChI is InChI=1S/C28H23N3O2S/c29-26-23(18-19-13-15-22(16-14-19)30-27(33)24-12-7-17-34-24)25(32)28(31-26,20-8-3-1-4-9-20)21-10-5-2-6-11-21/h1-17,23H,18H2,(H2,29,31)(H,30,33)/t23-/m0/s1. The highest BCUT2D eigenvalue weighted by Gasteiger charge is 2.51. The van der Waals surface area contributed by atoms with Crippen LogP contribution in [-0.4, -0.2) is 17.5 Å². The molecule has 1 aliphatic heterocycles. The van der Waals surface area contributed by atoms with Crippen molar-refractivity contribution in [1.29, 1.82) is 0 Å². The highest BCUT2D eigenvalue weighted by Crippen LogP contribution is 2.42. The molecule has 1 amide bonds. The topological polar surface area (TPSA) is 84.5 Å². The first-order valence-electron chi connectivity index (χ1n) is 11.0. The summed E-state index contributed by atoms with van der Waals surface area (Å²) in [7, 11) is 0. The number of aliphatic imine (C=N–C) groups is 1. The molecule has 0 saturated carbocycles. The van der Waals surface area contributed by atoms with Crippen LogP contribution < -0.4 is 11.1 Å². The van der Waals surface area contributed by atoms with Crippen molar-refractivity contribution in [3.05, 3.63) is 124 Å². The molecular weight excluding hydrogens is 442 g/mol. The van der Waals surface area contributed by atoms with Crippen LogP contribution in [0.4, 0.5) is 5.69 Å². The second-order valence-corrected chi connectivity index (χ2v) is 9.18. The van der Waals surface area contributed by atoms with Gasteiger partial charge in [0.1, 0.15) is 5.84 Å². The number of ketones is 1. The number of amides is 1. The molecule has 2 heterocycles. The Morgan fingerprint density at radius 2 is 1.50 bits per heavy atom. The lowest BCUT2D eigenvalue weighted by Crippen LogP contribution is -2.37. The van der Waals surface area contributed by atoms with Gasteiger partial charge in [-0.05, 0) is 46.7 Å². The number of thiophene rings is 1. The second-order valence-electron chi connectivity index (χ2n) is 8.23. The lowest BCUT2D eigenvalue weighted by Gasteiger charge is -2.27. The molecule has 34 heavy (non-hydrogen) atoms. The Hall–Kier alpha value is -4.03. The van der Waals surface area contributed by atoms with Gasteiger partial charge in [-0.2, -0.15) is 0 Å². The minimum Gasteiger partial charge on any atom is -0.387 e. The van der Waals surface area contributed by atoms with Crippen molar-refractivity contribution in [2.45, 2.75) is 12.0 Å². The fourth-order valence-corrected chi connectivity index (χ4v) is 5.03. The van der Waals surface area contributed by atoms with Gasteiger partial charge in [0.05, 0.1) is 10.8 Å². The number of amidine groups is 1. The smallest absolute Gasteiger partial charge is 0.265 e. The zero-order chi connectivity index (χ0) is 23.5. The van der Waals surface area contributed by atoms with Crippen LogP contribution in [0.2, 0.25) is 0 Å². The van der Waals surface area contributed by atoms with Gasteiger partial charge in [0.2, 0.25) is 0 Å². The Labute approximate surface area is 202 Å². The lowest BCUT2D eigenvalue weighted by atomic mass is 9.77. The van der Waals surface area contributed by atoms with Crippen molar-refractivity contribution >= 4 is 34.6 Å². The van der Waals surface area contributed by atoms with Crippen molar-refractivity contribution in [2.24, 2.45) is 16.6 Å². The summed E-state index contributed by atoms with van der Waals surface area (Å²) in [5, 5.41) is 4.76. The number of hydrogen-bond acceptors (Lipinski definition) is 5. The van der Waals surface area contributed by atoms with Crippen LogP contribution in [0.1, 0.15) is 26.4 Å². The summed E-state index contributed by atoms with van der Waals surface area (Å²) in [6.45, 7) is 0. The van der Waals surface area contributed by atoms with Gasteiger partial charge in [0.25, 0.3) is 5.91 Å². The molecule has 1 atom stereocenters. The Morgan fingerprint density at radius 3 is 2.06 bits per heavy atom. The predicted octanol–water partition coefficient (Wildman–Crippen LogP) is 5.04. The summed E-state index contributed by atoms with van der Waals surface area (Å²) < 4.78 is 0. The summed E-state index contributed by atoms with van der Waals surface area (Å²) in [4.78, 5) is 31.7. The van der Waals surface area contributed by atoms with Crippen LogP contribution in [0, 0.1) is 5.92 Å². The molecule has 3 N–H and O–H groups in total. The molecule has 0 radical (unpaired) electrons. The van der Waals surface area contributed by atoms with E-state index in [2.05, 4.69) is 5.32 Å². The molecule has 0 spiro atoms. The molecule has 0 aliphatic carbocycles. The maximum absolute atomic E-state index is 13.9. The van der Waals surface area contributed by atoms with Crippen molar-refractivity contribution < 1.29 is 9.59 Å². The zero-order valence-corrected chi connectivity index (χ0v) is 19.2. The first kappa shape index (κ1) is 21.8. The largest absolute Gasteiger partial charge is 0.387 e. The van der Waals surface area contributed by atoms with E-state index >= 15 is 0 Å². The van der Waals surface area contributed by atoms with Crippen molar-refractivity contribution in [3.8, 4) is 0 Å². The van der Waals surface area contributed by atoms with E-state index in [0.29, 0.717) is 22.8 Å². The highest BCUT2D eigenvalue weighted by molar-refractivity contribution is 7.12. The van der Waals surface area contributed by atoms with Crippen molar-refractivity contribution in [3.63, 3.8) is 0 Å². The Bertz CT molecular complexity index is 1290. The van der Waals surface area contributed by atoms with E-state index < -0.39 is 11.5 Å². The fraction of sp³-hybridized carbons (Fsp3) is 0.107. The summed E-state index contributed by atoms with van der Waals surface area (Å²) in [5.41, 5.74) is 8.51. The zero-order valence-electron chi connectivity index (χ0n) is 18.3. The van der Waals surface area contributed by atoms with Crippen molar-refractivity contribution in [2.75, 3.05) is 5.32 Å². The van der Waals surface area contributed by atoms with Crippen LogP contribution in [0.25, 0.3) is 0 Å². The maximum atomic E-state index is 13.9. The first-order valence-corrected chi connectivity index (χ1v) is 11.9. The van der Waals surface area contributed by atoms with E-state index in [1.54, 1.807) is 6.07 Å². The van der Waals surface area contributed by atoms with Gasteiger partial charge in [0, 0.05) is 5.69 Å². The number of anilines is 1. The number of benzene rings is 3. The molecule has 6 heteroatoms. The van der Waals surface area contributed by atoms with Gasteiger partial charge >= 0.3 is 0 Å². The number of Topliss-reactive ketones (excluding diaryl/α,β-unsaturated/α-hetero) is 1. The van der Waals surface area contributed by atoms with Crippen LogP contribution in [0.3, 0.4) is 0 Å². The van der Waals surface area contributed by atoms with E-state index in [1.165, 1.54) is 11.3 Å². The van der Waals surface area contributed by atoms with Gasteiger partial charge in [-0.3, -0.25) is 9.59 Å². The molecule has 5 nitrogen and oxygen atoms in total. The Morgan fingerprint density at radius 1 is 0.882 bits per heavy atom. The minimum absolute atomic E-state index is 0.0301. The summed E-state index contributed by atoms with van der Waals surface area (Å²) in [5.74, 6) is -0.363. The van der Waals surface area contributed by atoms with Crippen molar-refractivity contribution in [1.82, 2.24) is 0 Å². The van der Waals surface area contributed by atoms with Crippen LogP contribution in [0.5, 0.6) is 0 Å². The number of carbonyl (C=O) groups is 2. The fourth-order valence-electron chi connectivity index (χ4n) is 4.41. The van der Waals surface area contributed by atoms with Crippen LogP contribution in [-0.2, 0) is 16.8 Å². The molecule has 1 aliphatic rings. The molecule has 0 unspecified atom stereocenters. The van der Waals surface area contributed by atoms with Crippen LogP contribution in [0.15, 0.2) is 107 Å². The number of nitrogens with two attached hydrogens (primary N) is 1. The van der Waals surface area contributed by atoms with E-state index in [4.69, 9.17) is 10.7 Å². The quantitative estimate of drug-likeness (QED) is 0.418. The van der Waals surface area contributed by atoms with Gasteiger partial charge in [0.15, 0.2) is 11.3 Å². The van der Waals surface area contributed by atoms with E-state index in [0.717, 1.165) is 16.7 Å². The lowest BCUT2D eigenvalue weighted by molar-refractivity contribution is -0.123. The number of nitrogens with one attached hydrogen (secondary N) is 1. The van der Waals surface area contributed by atoms with Gasteiger partial charge in [-0.1, -0.05) is 78.9 Å². The molecule has 0 bridgehead atoms. The summed E-state index contributed by atoms with van der Waals surface area (Å²) in [6, 6.07) is 30.3. The summed E-state index contributed by atoms with van der Waals surface area (Å²) >= 11 is 1.39. The highest BCUT2D eigenvalue weighted by atomic mass is 32.1. The number of rotatable bonds is 6. The van der Waals surface area contributed by atoms with E-state index in [9.17, 15) is 9.59 Å². The molecule has 4 aromatic rings. The predicted molar refractivity (Wildman–Crippen MR) is 136 cm³/mol. The van der Waals surface area contributed by atoms with Gasteiger partial charge in [-0.15, -0.1) is 11.3 Å². The Balaban J connectivity index is 1.40. The third-order valence-corrected chi connectivity index (χ3v) is 6.98. The molecule has 0 fully saturated rings. The average Bonchev–Trinajstić information content (AvgIpc) is 3.50.